The molecular formula is C13H16N2O4S. The molecule has 0 bridgehead atoms. The second-order valence-corrected chi connectivity index (χ2v) is 5.93. The lowest BCUT2D eigenvalue weighted by Gasteiger charge is -2.06. The molecule has 0 aliphatic carbocycles. The van der Waals surface area contributed by atoms with E-state index in [2.05, 4.69) is 9.71 Å². The zero-order chi connectivity index (χ0) is 14.6. The Morgan fingerprint density at radius 2 is 2.00 bits per heavy atom. The molecule has 0 aliphatic rings. The van der Waals surface area contributed by atoms with Crippen molar-refractivity contribution in [1.29, 1.82) is 0 Å². The number of rotatable bonds is 6. The fourth-order valence-corrected chi connectivity index (χ4v) is 2.67. The van der Waals surface area contributed by atoms with E-state index >= 15 is 0 Å². The van der Waals surface area contributed by atoms with Gasteiger partial charge in [0.2, 0.25) is 10.0 Å². The summed E-state index contributed by atoms with van der Waals surface area (Å²) in [6.07, 6.45) is 1.61. The van der Waals surface area contributed by atoms with E-state index in [0.717, 1.165) is 5.56 Å². The van der Waals surface area contributed by atoms with Gasteiger partial charge in [-0.05, 0) is 24.3 Å². The first kappa shape index (κ1) is 14.7. The van der Waals surface area contributed by atoms with Crippen LogP contribution in [0.3, 0.4) is 0 Å². The van der Waals surface area contributed by atoms with Crippen LogP contribution in [-0.2, 0) is 14.8 Å². The fraction of sp³-hybridized carbons (Fsp3) is 0.308. The zero-order valence-corrected chi connectivity index (χ0v) is 12.1. The zero-order valence-electron chi connectivity index (χ0n) is 11.3. The van der Waals surface area contributed by atoms with Crippen LogP contribution in [0.25, 0.3) is 11.3 Å². The Kier molecular flexibility index (Phi) is 4.53. The number of hydrogen-bond acceptors (Lipinski definition) is 5. The van der Waals surface area contributed by atoms with Gasteiger partial charge in [-0.3, -0.25) is 0 Å². The Balaban J connectivity index is 2.15. The van der Waals surface area contributed by atoms with Gasteiger partial charge in [-0.15, -0.1) is 0 Å². The van der Waals surface area contributed by atoms with Gasteiger partial charge in [-0.2, -0.15) is 0 Å². The number of methoxy groups -OCH3 is 1. The third kappa shape index (κ3) is 3.44. The summed E-state index contributed by atoms with van der Waals surface area (Å²) in [4.78, 5) is 4.21. The Morgan fingerprint density at radius 3 is 2.55 bits per heavy atom. The fourth-order valence-electron chi connectivity index (χ4n) is 1.65. The van der Waals surface area contributed by atoms with E-state index in [9.17, 15) is 8.42 Å². The normalized spacial score (nSPS) is 11.7. The third-order valence-corrected chi connectivity index (χ3v) is 4.15. The van der Waals surface area contributed by atoms with E-state index < -0.39 is 10.0 Å². The van der Waals surface area contributed by atoms with Crippen molar-refractivity contribution in [2.24, 2.45) is 0 Å². The van der Waals surface area contributed by atoms with Crippen LogP contribution in [0.1, 0.15) is 5.89 Å². The molecule has 1 heterocycles. The van der Waals surface area contributed by atoms with Crippen molar-refractivity contribution in [1.82, 2.24) is 9.71 Å². The lowest BCUT2D eigenvalue weighted by molar-refractivity contribution is 0.204. The van der Waals surface area contributed by atoms with Crippen LogP contribution in [0.4, 0.5) is 0 Å². The number of oxazole rings is 1. The lowest BCUT2D eigenvalue weighted by Crippen LogP contribution is -2.27. The van der Waals surface area contributed by atoms with Gasteiger partial charge < -0.3 is 9.15 Å². The van der Waals surface area contributed by atoms with Crippen molar-refractivity contribution in [3.63, 3.8) is 0 Å². The summed E-state index contributed by atoms with van der Waals surface area (Å²) in [5.41, 5.74) is 0.779. The topological polar surface area (TPSA) is 81.4 Å². The van der Waals surface area contributed by atoms with Gasteiger partial charge >= 0.3 is 0 Å². The Morgan fingerprint density at radius 1 is 1.30 bits per heavy atom. The van der Waals surface area contributed by atoms with Crippen molar-refractivity contribution >= 4 is 10.0 Å². The molecule has 108 valence electrons. The molecule has 2 rings (SSSR count). The highest BCUT2D eigenvalue weighted by molar-refractivity contribution is 7.89. The molecule has 0 amide bonds. The Hall–Kier alpha value is -1.70. The predicted molar refractivity (Wildman–Crippen MR) is 73.7 cm³/mol. The summed E-state index contributed by atoms with van der Waals surface area (Å²) in [6, 6.07) is 6.43. The number of aromatic nitrogens is 1. The molecule has 0 saturated heterocycles. The standard InChI is InChI=1S/C13H16N2O4S/c1-10-14-9-13(19-10)11-3-5-12(6-4-11)20(16,17)15-7-8-18-2/h3-6,9,15H,7-8H2,1-2H3. The lowest BCUT2D eigenvalue weighted by atomic mass is 10.2. The molecule has 1 N–H and O–H groups in total. The number of ether oxygens (including phenoxy) is 1. The van der Waals surface area contributed by atoms with Crippen molar-refractivity contribution in [3.05, 3.63) is 36.4 Å². The second-order valence-electron chi connectivity index (χ2n) is 4.16. The van der Waals surface area contributed by atoms with Crippen molar-refractivity contribution in [3.8, 4) is 11.3 Å². The molecule has 1 aromatic heterocycles. The number of benzene rings is 1. The number of nitrogens with one attached hydrogen (secondary N) is 1. The van der Waals surface area contributed by atoms with Gasteiger partial charge in [0.05, 0.1) is 17.7 Å². The SMILES string of the molecule is COCCNS(=O)(=O)c1ccc(-c2cnc(C)o2)cc1. The van der Waals surface area contributed by atoms with E-state index in [0.29, 0.717) is 18.3 Å². The molecule has 0 aliphatic heterocycles. The van der Waals surface area contributed by atoms with Gasteiger partial charge in [-0.25, -0.2) is 18.1 Å². The quantitative estimate of drug-likeness (QED) is 0.818. The van der Waals surface area contributed by atoms with E-state index in [-0.39, 0.29) is 11.4 Å². The summed E-state index contributed by atoms with van der Waals surface area (Å²) < 4.78 is 36.6. The van der Waals surface area contributed by atoms with E-state index in [1.807, 2.05) is 0 Å². The average molecular weight is 296 g/mol. The molecule has 0 unspecified atom stereocenters. The van der Waals surface area contributed by atoms with Crippen LogP contribution in [0.5, 0.6) is 0 Å². The van der Waals surface area contributed by atoms with Crippen molar-refractivity contribution in [2.75, 3.05) is 20.3 Å². The number of sulfonamides is 1. The molecule has 20 heavy (non-hydrogen) atoms. The highest BCUT2D eigenvalue weighted by Gasteiger charge is 2.13. The van der Waals surface area contributed by atoms with Crippen LogP contribution < -0.4 is 4.72 Å². The van der Waals surface area contributed by atoms with E-state index in [4.69, 9.17) is 9.15 Å². The van der Waals surface area contributed by atoms with E-state index in [1.165, 1.54) is 19.2 Å². The monoisotopic (exact) mass is 296 g/mol. The molecule has 7 heteroatoms. The minimum absolute atomic E-state index is 0.202. The van der Waals surface area contributed by atoms with Crippen LogP contribution in [0, 0.1) is 6.92 Å². The maximum absolute atomic E-state index is 12.0. The molecule has 6 nitrogen and oxygen atoms in total. The van der Waals surface area contributed by atoms with Crippen molar-refractivity contribution < 1.29 is 17.6 Å². The second kappa shape index (κ2) is 6.17. The van der Waals surface area contributed by atoms with Crippen LogP contribution >= 0.6 is 0 Å². The maximum atomic E-state index is 12.0. The average Bonchev–Trinajstić information content (AvgIpc) is 2.86. The highest BCUT2D eigenvalue weighted by Crippen LogP contribution is 2.21. The molecular weight excluding hydrogens is 280 g/mol. The van der Waals surface area contributed by atoms with Gasteiger partial charge in [0, 0.05) is 26.1 Å². The van der Waals surface area contributed by atoms with Gasteiger partial charge in [0.15, 0.2) is 11.7 Å². The molecule has 2 aromatic rings. The smallest absolute Gasteiger partial charge is 0.240 e. The molecule has 0 spiro atoms. The highest BCUT2D eigenvalue weighted by atomic mass is 32.2. The third-order valence-electron chi connectivity index (χ3n) is 2.67. The molecule has 0 saturated carbocycles. The number of nitrogens with zero attached hydrogens (tertiary/aromatic N) is 1. The van der Waals surface area contributed by atoms with Crippen LogP contribution in [0.15, 0.2) is 39.8 Å². The summed E-state index contributed by atoms with van der Waals surface area (Å²) in [5, 5.41) is 0. The summed E-state index contributed by atoms with van der Waals surface area (Å²) in [7, 11) is -1.99. The summed E-state index contributed by atoms with van der Waals surface area (Å²) in [5.74, 6) is 1.18. The first-order valence-electron chi connectivity index (χ1n) is 6.04. The van der Waals surface area contributed by atoms with Crippen LogP contribution in [0.2, 0.25) is 0 Å². The molecule has 0 fully saturated rings. The number of hydrogen-bond donors (Lipinski definition) is 1. The Bertz CT molecular complexity index is 662. The Labute approximate surface area is 117 Å². The predicted octanol–water partition coefficient (Wildman–Crippen LogP) is 1.57. The minimum atomic E-state index is -3.50. The van der Waals surface area contributed by atoms with E-state index in [1.54, 1.807) is 25.3 Å². The first-order chi connectivity index (χ1) is 9.53. The summed E-state index contributed by atoms with van der Waals surface area (Å²) >= 11 is 0. The minimum Gasteiger partial charge on any atom is -0.441 e. The van der Waals surface area contributed by atoms with Crippen molar-refractivity contribution in [2.45, 2.75) is 11.8 Å². The van der Waals surface area contributed by atoms with Gasteiger partial charge in [0.25, 0.3) is 0 Å². The van der Waals surface area contributed by atoms with Gasteiger partial charge in [0.1, 0.15) is 0 Å². The molecule has 1 aromatic carbocycles. The first-order valence-corrected chi connectivity index (χ1v) is 7.53. The largest absolute Gasteiger partial charge is 0.441 e. The molecule has 0 radical (unpaired) electrons. The maximum Gasteiger partial charge on any atom is 0.240 e. The number of aryl methyl sites for hydroxylation is 1. The molecule has 0 atom stereocenters. The van der Waals surface area contributed by atoms with Crippen LogP contribution in [-0.4, -0.2) is 33.7 Å². The summed E-state index contributed by atoms with van der Waals surface area (Å²) in [6.45, 7) is 2.32. The van der Waals surface area contributed by atoms with Gasteiger partial charge in [-0.1, -0.05) is 0 Å².